The number of nitrogens with zero attached hydrogens (tertiary/aromatic N) is 1. The van der Waals surface area contributed by atoms with Crippen LogP contribution in [0.5, 0.6) is 0 Å². The summed E-state index contributed by atoms with van der Waals surface area (Å²) in [5.74, 6) is -0.442. The first kappa shape index (κ1) is 18.7. The van der Waals surface area contributed by atoms with Gasteiger partial charge < -0.3 is 15.0 Å². The second-order valence-electron chi connectivity index (χ2n) is 5.98. The molecule has 0 aliphatic rings. The molecule has 0 radical (unpaired) electrons. The number of ether oxygens (including phenoxy) is 1. The molecule has 0 fully saturated rings. The molecular weight excluding hydrogens is 322 g/mol. The number of carbonyl (C=O) groups is 1. The number of nitro groups is 1. The molecule has 0 spiro atoms. The van der Waals surface area contributed by atoms with Crippen LogP contribution in [0.3, 0.4) is 0 Å². The summed E-state index contributed by atoms with van der Waals surface area (Å²) in [5, 5.41) is 13.7. The quantitative estimate of drug-likeness (QED) is 0.568. The number of aromatic amines is 1. The lowest BCUT2D eigenvalue weighted by atomic mass is 10.0. The van der Waals surface area contributed by atoms with E-state index in [0.717, 1.165) is 16.8 Å². The van der Waals surface area contributed by atoms with Crippen LogP contribution < -0.4 is 5.32 Å². The number of methoxy groups -OCH3 is 1. The Hall–Kier alpha value is -2.67. The van der Waals surface area contributed by atoms with Crippen LogP contribution in [0.15, 0.2) is 36.5 Å². The van der Waals surface area contributed by atoms with Crippen molar-refractivity contribution in [3.63, 3.8) is 0 Å². The summed E-state index contributed by atoms with van der Waals surface area (Å²) in [6.07, 6.45) is 2.07. The molecule has 134 valence electrons. The third kappa shape index (κ3) is 4.67. The average Bonchev–Trinajstić information content (AvgIpc) is 3.10. The van der Waals surface area contributed by atoms with Gasteiger partial charge in [-0.1, -0.05) is 13.0 Å². The van der Waals surface area contributed by atoms with Crippen LogP contribution in [0, 0.1) is 23.0 Å². The molecule has 1 aromatic heterocycles. The highest BCUT2D eigenvalue weighted by atomic mass is 16.6. The van der Waals surface area contributed by atoms with E-state index in [2.05, 4.69) is 10.3 Å². The zero-order valence-electron chi connectivity index (χ0n) is 14.6. The number of rotatable bonds is 8. The molecule has 2 rings (SSSR count). The molecule has 0 aliphatic heterocycles. The van der Waals surface area contributed by atoms with Crippen molar-refractivity contribution >= 4 is 11.6 Å². The van der Waals surface area contributed by atoms with Gasteiger partial charge in [-0.15, -0.1) is 0 Å². The van der Waals surface area contributed by atoms with E-state index in [-0.39, 0.29) is 23.6 Å². The second-order valence-corrected chi connectivity index (χ2v) is 5.98. The lowest BCUT2D eigenvalue weighted by Gasteiger charge is -2.21. The van der Waals surface area contributed by atoms with Gasteiger partial charge in [-0.3, -0.25) is 14.9 Å². The minimum absolute atomic E-state index is 0.0767. The summed E-state index contributed by atoms with van der Waals surface area (Å²) < 4.78 is 5.44. The number of hydrogen-bond donors (Lipinski definition) is 2. The lowest BCUT2D eigenvalue weighted by molar-refractivity contribution is -0.384. The molecule has 7 nitrogen and oxygen atoms in total. The van der Waals surface area contributed by atoms with E-state index in [9.17, 15) is 14.9 Å². The van der Waals surface area contributed by atoms with E-state index in [1.807, 2.05) is 26.0 Å². The molecule has 1 heterocycles. The van der Waals surface area contributed by atoms with E-state index in [0.29, 0.717) is 13.0 Å². The molecule has 1 amide bonds. The molecule has 2 atom stereocenters. The number of aryl methyl sites for hydroxylation is 1. The molecule has 25 heavy (non-hydrogen) atoms. The van der Waals surface area contributed by atoms with Crippen LogP contribution >= 0.6 is 0 Å². The predicted octanol–water partition coefficient (Wildman–Crippen LogP) is 2.91. The van der Waals surface area contributed by atoms with Crippen molar-refractivity contribution in [3.05, 3.63) is 63.5 Å². The SMILES string of the molecule is CO[C@@H](c1ccc[nH]1)[C@@H](C)C(=O)NCCc1ccc([N+](=O)[O-])cc1C. The molecule has 2 N–H and O–H groups in total. The highest BCUT2D eigenvalue weighted by Crippen LogP contribution is 2.24. The number of nitrogens with one attached hydrogen (secondary N) is 2. The van der Waals surface area contributed by atoms with E-state index >= 15 is 0 Å². The fourth-order valence-corrected chi connectivity index (χ4v) is 2.81. The van der Waals surface area contributed by atoms with Crippen LogP contribution in [-0.2, 0) is 16.0 Å². The van der Waals surface area contributed by atoms with Crippen molar-refractivity contribution in [1.29, 1.82) is 0 Å². The van der Waals surface area contributed by atoms with Crippen molar-refractivity contribution in [2.45, 2.75) is 26.4 Å². The van der Waals surface area contributed by atoms with Gasteiger partial charge in [0.2, 0.25) is 5.91 Å². The number of H-pyrrole nitrogens is 1. The maximum Gasteiger partial charge on any atom is 0.269 e. The Morgan fingerprint density at radius 1 is 1.40 bits per heavy atom. The molecule has 7 heteroatoms. The van der Waals surface area contributed by atoms with Crippen molar-refractivity contribution < 1.29 is 14.5 Å². The average molecular weight is 345 g/mol. The highest BCUT2D eigenvalue weighted by molar-refractivity contribution is 5.79. The van der Waals surface area contributed by atoms with Gasteiger partial charge in [-0.2, -0.15) is 0 Å². The van der Waals surface area contributed by atoms with Crippen LogP contribution in [0.4, 0.5) is 5.69 Å². The van der Waals surface area contributed by atoms with Gasteiger partial charge in [-0.25, -0.2) is 0 Å². The number of amides is 1. The lowest BCUT2D eigenvalue weighted by Crippen LogP contribution is -2.34. The first-order valence-electron chi connectivity index (χ1n) is 8.11. The summed E-state index contributed by atoms with van der Waals surface area (Å²) in [6.45, 7) is 4.11. The summed E-state index contributed by atoms with van der Waals surface area (Å²) in [7, 11) is 1.58. The first-order chi connectivity index (χ1) is 11.9. The van der Waals surface area contributed by atoms with Crippen molar-refractivity contribution in [1.82, 2.24) is 10.3 Å². The Morgan fingerprint density at radius 3 is 2.72 bits per heavy atom. The van der Waals surface area contributed by atoms with Gasteiger partial charge in [0.25, 0.3) is 5.69 Å². The van der Waals surface area contributed by atoms with Gasteiger partial charge in [0.1, 0.15) is 6.10 Å². The maximum atomic E-state index is 12.4. The number of benzene rings is 1. The number of nitro benzene ring substituents is 1. The van der Waals surface area contributed by atoms with Gasteiger partial charge >= 0.3 is 0 Å². The van der Waals surface area contributed by atoms with Gasteiger partial charge in [0, 0.05) is 37.7 Å². The standard InChI is InChI=1S/C18H23N3O4/c1-12-11-15(21(23)24)7-6-14(12)8-10-20-18(22)13(2)17(25-3)16-5-4-9-19-16/h4-7,9,11,13,17,19H,8,10H2,1-3H3,(H,20,22)/t13-,17-/m1/s1. The largest absolute Gasteiger partial charge is 0.374 e. The van der Waals surface area contributed by atoms with Crippen LogP contribution in [0.25, 0.3) is 0 Å². The zero-order chi connectivity index (χ0) is 18.4. The van der Waals surface area contributed by atoms with Gasteiger partial charge in [-0.05, 0) is 36.6 Å². The highest BCUT2D eigenvalue weighted by Gasteiger charge is 2.25. The number of aromatic nitrogens is 1. The Kier molecular flexibility index (Phi) is 6.30. The molecule has 0 aliphatic carbocycles. The third-order valence-electron chi connectivity index (χ3n) is 4.28. The molecule has 2 aromatic rings. The first-order valence-corrected chi connectivity index (χ1v) is 8.11. The Balaban J connectivity index is 1.90. The summed E-state index contributed by atoms with van der Waals surface area (Å²) in [4.78, 5) is 25.8. The molecule has 0 saturated carbocycles. The van der Waals surface area contributed by atoms with Crippen LogP contribution in [0.2, 0.25) is 0 Å². The summed E-state index contributed by atoms with van der Waals surface area (Å²) in [6, 6.07) is 8.52. The summed E-state index contributed by atoms with van der Waals surface area (Å²) in [5.41, 5.74) is 2.76. The smallest absolute Gasteiger partial charge is 0.269 e. The zero-order valence-corrected chi connectivity index (χ0v) is 14.6. The van der Waals surface area contributed by atoms with Crippen LogP contribution in [0.1, 0.15) is 29.8 Å². The number of carbonyl (C=O) groups excluding carboxylic acids is 1. The normalized spacial score (nSPS) is 13.2. The molecular formula is C18H23N3O4. The number of hydrogen-bond acceptors (Lipinski definition) is 4. The fraction of sp³-hybridized carbons (Fsp3) is 0.389. The predicted molar refractivity (Wildman–Crippen MR) is 94.3 cm³/mol. The van der Waals surface area contributed by atoms with Crippen molar-refractivity contribution in [3.8, 4) is 0 Å². The fourth-order valence-electron chi connectivity index (χ4n) is 2.81. The van der Waals surface area contributed by atoms with E-state index < -0.39 is 4.92 Å². The van der Waals surface area contributed by atoms with Crippen molar-refractivity contribution in [2.24, 2.45) is 5.92 Å². The third-order valence-corrected chi connectivity index (χ3v) is 4.28. The van der Waals surface area contributed by atoms with E-state index in [1.165, 1.54) is 6.07 Å². The minimum atomic E-state index is -0.411. The monoisotopic (exact) mass is 345 g/mol. The molecule has 1 aromatic carbocycles. The minimum Gasteiger partial charge on any atom is -0.374 e. The number of non-ortho nitro benzene ring substituents is 1. The summed E-state index contributed by atoms with van der Waals surface area (Å²) >= 11 is 0. The van der Waals surface area contributed by atoms with Gasteiger partial charge in [0.05, 0.1) is 10.8 Å². The van der Waals surface area contributed by atoms with E-state index in [4.69, 9.17) is 4.74 Å². The molecule has 0 bridgehead atoms. The Morgan fingerprint density at radius 2 is 2.16 bits per heavy atom. The van der Waals surface area contributed by atoms with Crippen LogP contribution in [-0.4, -0.2) is 29.5 Å². The van der Waals surface area contributed by atoms with Gasteiger partial charge in [0.15, 0.2) is 0 Å². The Labute approximate surface area is 146 Å². The van der Waals surface area contributed by atoms with Crippen molar-refractivity contribution in [2.75, 3.05) is 13.7 Å². The molecule has 0 unspecified atom stereocenters. The molecule has 0 saturated heterocycles. The maximum absolute atomic E-state index is 12.4. The Bertz CT molecular complexity index is 728. The topological polar surface area (TPSA) is 97.3 Å². The second kappa shape index (κ2) is 8.43. The van der Waals surface area contributed by atoms with E-state index in [1.54, 1.807) is 25.4 Å².